The Morgan fingerprint density at radius 1 is 1.38 bits per heavy atom. The van der Waals surface area contributed by atoms with Crippen LogP contribution in [0.5, 0.6) is 0 Å². The van der Waals surface area contributed by atoms with Gasteiger partial charge in [0.05, 0.1) is 21.9 Å². The van der Waals surface area contributed by atoms with Crippen molar-refractivity contribution in [1.29, 1.82) is 0 Å². The molecule has 7 nitrogen and oxygen atoms in total. The molecule has 0 radical (unpaired) electrons. The molecule has 0 saturated carbocycles. The lowest BCUT2D eigenvalue weighted by atomic mass is 10.0. The summed E-state index contributed by atoms with van der Waals surface area (Å²) in [6.45, 7) is 1.65. The highest BCUT2D eigenvalue weighted by Crippen LogP contribution is 2.23. The molecule has 1 fully saturated rings. The Labute approximate surface area is 123 Å². The Morgan fingerprint density at radius 3 is 2.57 bits per heavy atom. The molecule has 0 aliphatic carbocycles. The van der Waals surface area contributed by atoms with Crippen molar-refractivity contribution in [1.82, 2.24) is 5.32 Å². The van der Waals surface area contributed by atoms with Gasteiger partial charge in [-0.05, 0) is 31.5 Å². The number of carbonyl (C=O) groups excluding carboxylic acids is 1. The molecule has 3 N–H and O–H groups in total. The van der Waals surface area contributed by atoms with Crippen LogP contribution in [-0.2, 0) is 19.9 Å². The smallest absolute Gasteiger partial charge is 0.251 e. The van der Waals surface area contributed by atoms with Crippen molar-refractivity contribution in [2.75, 3.05) is 11.5 Å². The highest BCUT2D eigenvalue weighted by Gasteiger charge is 2.39. The SMILES string of the molecule is CC1(NC(=O)c2cccc(S(N)(=O)=O)c2)CCS(=O)(=O)C1. The van der Waals surface area contributed by atoms with E-state index < -0.39 is 31.3 Å². The summed E-state index contributed by atoms with van der Waals surface area (Å²) in [4.78, 5) is 12.0. The average molecular weight is 332 g/mol. The number of nitrogens with one attached hydrogen (secondary N) is 1. The van der Waals surface area contributed by atoms with E-state index in [2.05, 4.69) is 5.32 Å². The molecule has 0 bridgehead atoms. The number of rotatable bonds is 3. The Kier molecular flexibility index (Phi) is 3.85. The van der Waals surface area contributed by atoms with Gasteiger partial charge in [0.25, 0.3) is 5.91 Å². The number of amides is 1. The molecule has 1 unspecified atom stereocenters. The maximum atomic E-state index is 12.2. The molecular weight excluding hydrogens is 316 g/mol. The van der Waals surface area contributed by atoms with Gasteiger partial charge >= 0.3 is 0 Å². The summed E-state index contributed by atoms with van der Waals surface area (Å²) in [6.07, 6.45) is 0.329. The van der Waals surface area contributed by atoms with Crippen molar-refractivity contribution < 1.29 is 21.6 Å². The first-order valence-electron chi connectivity index (χ1n) is 6.17. The van der Waals surface area contributed by atoms with Gasteiger partial charge in [0.1, 0.15) is 0 Å². The number of carbonyl (C=O) groups is 1. The van der Waals surface area contributed by atoms with Crippen LogP contribution in [0.3, 0.4) is 0 Å². The zero-order valence-corrected chi connectivity index (χ0v) is 13.0. The van der Waals surface area contributed by atoms with Gasteiger partial charge in [-0.15, -0.1) is 0 Å². The van der Waals surface area contributed by atoms with Crippen LogP contribution < -0.4 is 10.5 Å². The fourth-order valence-electron chi connectivity index (χ4n) is 2.27. The molecule has 0 aromatic heterocycles. The van der Waals surface area contributed by atoms with Gasteiger partial charge in [-0.2, -0.15) is 0 Å². The molecular formula is C12H16N2O5S2. The first-order valence-corrected chi connectivity index (χ1v) is 9.53. The normalized spacial score (nSPS) is 24.7. The second kappa shape index (κ2) is 5.08. The first kappa shape index (κ1) is 15.9. The Bertz CT molecular complexity index is 786. The molecule has 0 spiro atoms. The van der Waals surface area contributed by atoms with E-state index in [-0.39, 0.29) is 22.0 Å². The summed E-state index contributed by atoms with van der Waals surface area (Å²) in [5.74, 6) is -0.623. The quantitative estimate of drug-likeness (QED) is 0.782. The van der Waals surface area contributed by atoms with Crippen molar-refractivity contribution in [3.63, 3.8) is 0 Å². The zero-order valence-electron chi connectivity index (χ0n) is 11.4. The molecule has 1 aromatic carbocycles. The highest BCUT2D eigenvalue weighted by molar-refractivity contribution is 7.91. The third kappa shape index (κ3) is 3.80. The number of primary sulfonamides is 1. The summed E-state index contributed by atoms with van der Waals surface area (Å²) in [7, 11) is -7.04. The second-order valence-corrected chi connectivity index (χ2v) is 9.18. The van der Waals surface area contributed by atoms with Crippen LogP contribution in [-0.4, -0.2) is 39.8 Å². The maximum absolute atomic E-state index is 12.2. The van der Waals surface area contributed by atoms with E-state index in [1.807, 2.05) is 0 Å². The van der Waals surface area contributed by atoms with Crippen LogP contribution in [0.25, 0.3) is 0 Å². The minimum Gasteiger partial charge on any atom is -0.346 e. The summed E-state index contributed by atoms with van der Waals surface area (Å²) < 4.78 is 45.5. The molecule has 2 rings (SSSR count). The van der Waals surface area contributed by atoms with E-state index in [9.17, 15) is 21.6 Å². The predicted molar refractivity (Wildman–Crippen MR) is 77.0 cm³/mol. The minimum absolute atomic E-state index is 0.0288. The third-order valence-electron chi connectivity index (χ3n) is 3.34. The van der Waals surface area contributed by atoms with Crippen LogP contribution in [0.1, 0.15) is 23.7 Å². The van der Waals surface area contributed by atoms with E-state index in [0.717, 1.165) is 6.07 Å². The lowest BCUT2D eigenvalue weighted by molar-refractivity contribution is 0.0915. The van der Waals surface area contributed by atoms with Crippen LogP contribution in [0.2, 0.25) is 0 Å². The Balaban J connectivity index is 2.22. The molecule has 1 aliphatic rings. The van der Waals surface area contributed by atoms with Gasteiger partial charge in [-0.1, -0.05) is 6.07 Å². The Morgan fingerprint density at radius 2 is 2.05 bits per heavy atom. The number of hydrogen-bond donors (Lipinski definition) is 2. The summed E-state index contributed by atoms with van der Waals surface area (Å²) in [5, 5.41) is 7.66. The molecule has 116 valence electrons. The van der Waals surface area contributed by atoms with Crippen LogP contribution in [0.15, 0.2) is 29.2 Å². The number of sulfone groups is 1. The topological polar surface area (TPSA) is 123 Å². The molecule has 1 saturated heterocycles. The third-order valence-corrected chi connectivity index (χ3v) is 6.16. The molecule has 9 heteroatoms. The van der Waals surface area contributed by atoms with Gasteiger partial charge in [0, 0.05) is 5.56 Å². The number of hydrogen-bond acceptors (Lipinski definition) is 5. The van der Waals surface area contributed by atoms with E-state index in [1.54, 1.807) is 6.92 Å². The van der Waals surface area contributed by atoms with E-state index in [0.29, 0.717) is 6.42 Å². The van der Waals surface area contributed by atoms with E-state index in [1.165, 1.54) is 18.2 Å². The van der Waals surface area contributed by atoms with Gasteiger partial charge in [0.2, 0.25) is 10.0 Å². The molecule has 1 amide bonds. The Hall–Kier alpha value is -1.45. The van der Waals surface area contributed by atoms with Crippen LogP contribution in [0, 0.1) is 0 Å². The summed E-state index contributed by atoms with van der Waals surface area (Å²) in [5.41, 5.74) is -0.722. The molecule has 1 heterocycles. The highest BCUT2D eigenvalue weighted by atomic mass is 32.2. The zero-order chi connectivity index (χ0) is 15.9. The van der Waals surface area contributed by atoms with Crippen LogP contribution >= 0.6 is 0 Å². The molecule has 1 aliphatic heterocycles. The van der Waals surface area contributed by atoms with E-state index in [4.69, 9.17) is 5.14 Å². The fourth-order valence-corrected chi connectivity index (χ4v) is 4.92. The molecule has 1 atom stereocenters. The number of sulfonamides is 1. The predicted octanol–water partition coefficient (Wildman–Crippen LogP) is -0.359. The average Bonchev–Trinajstić information content (AvgIpc) is 2.62. The summed E-state index contributed by atoms with van der Waals surface area (Å²) >= 11 is 0. The summed E-state index contributed by atoms with van der Waals surface area (Å²) in [6, 6.07) is 5.30. The van der Waals surface area contributed by atoms with Gasteiger partial charge in [0.15, 0.2) is 9.84 Å². The van der Waals surface area contributed by atoms with E-state index >= 15 is 0 Å². The maximum Gasteiger partial charge on any atom is 0.251 e. The minimum atomic E-state index is -3.90. The largest absolute Gasteiger partial charge is 0.346 e. The molecule has 21 heavy (non-hydrogen) atoms. The van der Waals surface area contributed by atoms with Crippen molar-refractivity contribution in [3.05, 3.63) is 29.8 Å². The van der Waals surface area contributed by atoms with Gasteiger partial charge < -0.3 is 5.32 Å². The van der Waals surface area contributed by atoms with Crippen LogP contribution in [0.4, 0.5) is 0 Å². The standard InChI is InChI=1S/C12H16N2O5S2/c1-12(5-6-20(16,17)8-12)14-11(15)9-3-2-4-10(7-9)21(13,18)19/h2-4,7H,5-6,8H2,1H3,(H,14,15)(H2,13,18,19). The van der Waals surface area contributed by atoms with Crippen molar-refractivity contribution >= 4 is 25.8 Å². The number of nitrogens with two attached hydrogens (primary N) is 1. The lowest BCUT2D eigenvalue weighted by Gasteiger charge is -2.23. The fraction of sp³-hybridized carbons (Fsp3) is 0.417. The second-order valence-electron chi connectivity index (χ2n) is 5.43. The monoisotopic (exact) mass is 332 g/mol. The van der Waals surface area contributed by atoms with Gasteiger partial charge in [-0.25, -0.2) is 22.0 Å². The first-order chi connectivity index (χ1) is 9.51. The van der Waals surface area contributed by atoms with Crippen molar-refractivity contribution in [2.24, 2.45) is 5.14 Å². The van der Waals surface area contributed by atoms with Gasteiger partial charge in [-0.3, -0.25) is 4.79 Å². The van der Waals surface area contributed by atoms with Crippen molar-refractivity contribution in [2.45, 2.75) is 23.8 Å². The van der Waals surface area contributed by atoms with Crippen molar-refractivity contribution in [3.8, 4) is 0 Å². The number of benzene rings is 1. The lowest BCUT2D eigenvalue weighted by Crippen LogP contribution is -2.46. The molecule has 1 aromatic rings.